The molecule has 5 rings (SSSR count). The van der Waals surface area contributed by atoms with Crippen LogP contribution in [-0.2, 0) is 23.8 Å². The molecule has 34 heavy (non-hydrogen) atoms. The maximum atomic E-state index is 15.5. The van der Waals surface area contributed by atoms with Crippen molar-refractivity contribution in [1.82, 2.24) is 15.0 Å². The number of nitrogens with one attached hydrogen (secondary N) is 1. The van der Waals surface area contributed by atoms with E-state index in [2.05, 4.69) is 15.0 Å². The van der Waals surface area contributed by atoms with Crippen molar-refractivity contribution in [3.63, 3.8) is 0 Å². The van der Waals surface area contributed by atoms with Crippen molar-refractivity contribution in [2.24, 2.45) is 0 Å². The lowest BCUT2D eigenvalue weighted by Gasteiger charge is -2.19. The van der Waals surface area contributed by atoms with Gasteiger partial charge in [-0.3, -0.25) is 4.79 Å². The van der Waals surface area contributed by atoms with Gasteiger partial charge in [0.1, 0.15) is 29.4 Å². The second-order valence-electron chi connectivity index (χ2n) is 7.89. The Morgan fingerprint density at radius 2 is 1.91 bits per heavy atom. The van der Waals surface area contributed by atoms with Gasteiger partial charge in [0.05, 0.1) is 17.4 Å². The van der Waals surface area contributed by atoms with Crippen LogP contribution in [0.15, 0.2) is 42.9 Å². The van der Waals surface area contributed by atoms with E-state index in [1.165, 1.54) is 17.3 Å². The SMILES string of the molecule is Nc1ncnc2[nH]cc(-c3ccc4c(c3F)CCN4C(=O)Cc3cc(C(F)(F)F)ccc3F)c12. The molecular formula is C23H16F5N5O. The predicted octanol–water partition coefficient (Wildman–Crippen LogP) is 4.64. The second-order valence-corrected chi connectivity index (χ2v) is 7.89. The van der Waals surface area contributed by atoms with Crippen LogP contribution in [0.4, 0.5) is 33.5 Å². The van der Waals surface area contributed by atoms with Gasteiger partial charge in [-0.2, -0.15) is 13.2 Å². The van der Waals surface area contributed by atoms with E-state index in [0.717, 1.165) is 0 Å². The first kappa shape index (κ1) is 21.8. The Labute approximate surface area is 189 Å². The van der Waals surface area contributed by atoms with Gasteiger partial charge in [0.25, 0.3) is 0 Å². The zero-order valence-corrected chi connectivity index (χ0v) is 17.4. The van der Waals surface area contributed by atoms with Gasteiger partial charge in [-0.15, -0.1) is 0 Å². The minimum atomic E-state index is -4.66. The topological polar surface area (TPSA) is 87.9 Å². The average molecular weight is 473 g/mol. The molecule has 2 aromatic carbocycles. The molecule has 11 heteroatoms. The number of nitrogens with two attached hydrogens (primary N) is 1. The highest BCUT2D eigenvalue weighted by Crippen LogP contribution is 2.39. The number of H-pyrrole nitrogens is 1. The number of amides is 1. The van der Waals surface area contributed by atoms with Crippen molar-refractivity contribution in [3.05, 3.63) is 71.2 Å². The number of anilines is 2. The molecule has 0 unspecified atom stereocenters. The van der Waals surface area contributed by atoms with Crippen LogP contribution in [0, 0.1) is 11.6 Å². The monoisotopic (exact) mass is 473 g/mol. The lowest BCUT2D eigenvalue weighted by atomic mass is 10.0. The number of hydrogen-bond donors (Lipinski definition) is 2. The zero-order valence-electron chi connectivity index (χ0n) is 17.4. The summed E-state index contributed by atoms with van der Waals surface area (Å²) in [6.07, 6.45) is -2.21. The molecule has 0 atom stereocenters. The number of nitrogens with zero attached hydrogens (tertiary/aromatic N) is 3. The predicted molar refractivity (Wildman–Crippen MR) is 115 cm³/mol. The fourth-order valence-electron chi connectivity index (χ4n) is 4.26. The van der Waals surface area contributed by atoms with Crippen molar-refractivity contribution in [2.45, 2.75) is 19.0 Å². The summed E-state index contributed by atoms with van der Waals surface area (Å²) in [6.45, 7) is 0.119. The lowest BCUT2D eigenvalue weighted by molar-refractivity contribution is -0.137. The highest BCUT2D eigenvalue weighted by molar-refractivity contribution is 6.01. The van der Waals surface area contributed by atoms with Crippen molar-refractivity contribution in [3.8, 4) is 11.1 Å². The normalized spacial score (nSPS) is 13.5. The van der Waals surface area contributed by atoms with Gasteiger partial charge in [-0.05, 0) is 42.3 Å². The first-order chi connectivity index (χ1) is 16.1. The van der Waals surface area contributed by atoms with Crippen molar-refractivity contribution >= 4 is 28.4 Å². The molecule has 4 aromatic rings. The standard InChI is InChI=1S/C23H16F5N5O/c24-16-3-1-12(23(26,27)28)7-11(16)8-18(34)33-6-5-14-17(33)4-2-13(20(14)25)15-9-30-22-19(15)21(29)31-10-32-22/h1-4,7,9-10H,5-6,8H2,(H3,29,30,31,32). The van der Waals surface area contributed by atoms with E-state index in [1.807, 2.05) is 0 Å². The molecule has 0 saturated heterocycles. The molecule has 0 saturated carbocycles. The summed E-state index contributed by atoms with van der Waals surface area (Å²) >= 11 is 0. The van der Waals surface area contributed by atoms with E-state index in [-0.39, 0.29) is 35.5 Å². The number of aromatic amines is 1. The van der Waals surface area contributed by atoms with Gasteiger partial charge in [0.2, 0.25) is 5.91 Å². The molecule has 174 valence electrons. The van der Waals surface area contributed by atoms with E-state index >= 15 is 4.39 Å². The number of carbonyl (C=O) groups excluding carboxylic acids is 1. The van der Waals surface area contributed by atoms with E-state index in [9.17, 15) is 22.4 Å². The third-order valence-electron chi connectivity index (χ3n) is 5.90. The van der Waals surface area contributed by atoms with E-state index in [1.54, 1.807) is 12.3 Å². The molecule has 0 spiro atoms. The van der Waals surface area contributed by atoms with E-state index < -0.39 is 35.7 Å². The quantitative estimate of drug-likeness (QED) is 0.425. The van der Waals surface area contributed by atoms with E-state index in [0.29, 0.717) is 40.5 Å². The Kier molecular flexibility index (Phi) is 4.99. The minimum absolute atomic E-state index is 0.119. The Balaban J connectivity index is 1.47. The molecule has 1 aliphatic rings. The molecule has 0 bridgehead atoms. The Morgan fingerprint density at radius 1 is 1.12 bits per heavy atom. The van der Waals surface area contributed by atoms with Gasteiger partial charge in [-0.25, -0.2) is 18.7 Å². The molecule has 1 aliphatic heterocycles. The largest absolute Gasteiger partial charge is 0.416 e. The van der Waals surface area contributed by atoms with Crippen LogP contribution in [0.2, 0.25) is 0 Å². The highest BCUT2D eigenvalue weighted by atomic mass is 19.4. The molecule has 0 fully saturated rings. The van der Waals surface area contributed by atoms with Crippen LogP contribution < -0.4 is 10.6 Å². The molecule has 3 heterocycles. The number of aromatic nitrogens is 3. The maximum Gasteiger partial charge on any atom is 0.416 e. The summed E-state index contributed by atoms with van der Waals surface area (Å²) in [5.41, 5.74) is 6.24. The summed E-state index contributed by atoms with van der Waals surface area (Å²) < 4.78 is 68.5. The Hall–Kier alpha value is -4.02. The fourth-order valence-corrected chi connectivity index (χ4v) is 4.26. The second kappa shape index (κ2) is 7.79. The molecule has 1 amide bonds. The highest BCUT2D eigenvalue weighted by Gasteiger charge is 2.33. The van der Waals surface area contributed by atoms with Gasteiger partial charge in [-0.1, -0.05) is 0 Å². The Bertz CT molecular complexity index is 1450. The first-order valence-electron chi connectivity index (χ1n) is 10.2. The van der Waals surface area contributed by atoms with Crippen LogP contribution in [0.3, 0.4) is 0 Å². The third kappa shape index (κ3) is 3.53. The summed E-state index contributed by atoms with van der Waals surface area (Å²) in [5.74, 6) is -1.92. The van der Waals surface area contributed by atoms with Crippen LogP contribution >= 0.6 is 0 Å². The zero-order chi connectivity index (χ0) is 24.2. The summed E-state index contributed by atoms with van der Waals surface area (Å²) in [6, 6.07) is 4.97. The molecule has 6 nitrogen and oxygen atoms in total. The molecule has 2 aromatic heterocycles. The van der Waals surface area contributed by atoms with Gasteiger partial charge in [0, 0.05) is 35.1 Å². The van der Waals surface area contributed by atoms with Crippen LogP contribution in [0.25, 0.3) is 22.2 Å². The van der Waals surface area contributed by atoms with Crippen LogP contribution in [-0.4, -0.2) is 27.4 Å². The summed E-state index contributed by atoms with van der Waals surface area (Å²) in [4.78, 5) is 25.0. The molecule has 0 aliphatic carbocycles. The van der Waals surface area contributed by atoms with E-state index in [4.69, 9.17) is 5.73 Å². The number of alkyl halides is 3. The van der Waals surface area contributed by atoms with Gasteiger partial charge < -0.3 is 15.6 Å². The van der Waals surface area contributed by atoms with Gasteiger partial charge >= 0.3 is 6.18 Å². The smallest absolute Gasteiger partial charge is 0.383 e. The summed E-state index contributed by atoms with van der Waals surface area (Å²) in [7, 11) is 0. The summed E-state index contributed by atoms with van der Waals surface area (Å²) in [5, 5.41) is 0.465. The van der Waals surface area contributed by atoms with Crippen molar-refractivity contribution in [2.75, 3.05) is 17.2 Å². The number of fused-ring (bicyclic) bond motifs is 2. The number of hydrogen-bond acceptors (Lipinski definition) is 4. The minimum Gasteiger partial charge on any atom is -0.383 e. The maximum absolute atomic E-state index is 15.5. The van der Waals surface area contributed by atoms with Crippen molar-refractivity contribution < 1.29 is 26.7 Å². The third-order valence-corrected chi connectivity index (χ3v) is 5.90. The average Bonchev–Trinajstić information content (AvgIpc) is 3.40. The number of halogens is 5. The van der Waals surface area contributed by atoms with Crippen LogP contribution in [0.1, 0.15) is 16.7 Å². The lowest BCUT2D eigenvalue weighted by Crippen LogP contribution is -2.30. The molecule has 0 radical (unpaired) electrons. The fraction of sp³-hybridized carbons (Fsp3) is 0.174. The van der Waals surface area contributed by atoms with Gasteiger partial charge in [0.15, 0.2) is 0 Å². The Morgan fingerprint density at radius 3 is 2.68 bits per heavy atom. The van der Waals surface area contributed by atoms with Crippen molar-refractivity contribution in [1.29, 1.82) is 0 Å². The molecule has 3 N–H and O–H groups in total. The number of carbonyl (C=O) groups is 1. The molecular weight excluding hydrogens is 457 g/mol. The number of benzene rings is 2. The number of nitrogen functional groups attached to an aromatic ring is 1. The number of rotatable bonds is 3. The first-order valence-corrected chi connectivity index (χ1v) is 10.2. The van der Waals surface area contributed by atoms with Crippen LogP contribution in [0.5, 0.6) is 0 Å².